The van der Waals surface area contributed by atoms with Crippen LogP contribution < -0.4 is 5.32 Å². The summed E-state index contributed by atoms with van der Waals surface area (Å²) < 4.78 is 50.7. The Balaban J connectivity index is 0.00000220. The van der Waals surface area contributed by atoms with E-state index in [9.17, 15) is 17.6 Å². The van der Waals surface area contributed by atoms with E-state index in [2.05, 4.69) is 5.32 Å². The number of nitrogens with zero attached hydrogens (tertiary/aromatic N) is 1. The maximum absolute atomic E-state index is 13.3. The Morgan fingerprint density at radius 3 is 2.32 bits per heavy atom. The zero-order chi connectivity index (χ0) is 14.6. The molecule has 2 rings (SSSR count). The third-order valence-electron chi connectivity index (χ3n) is 3.53. The fourth-order valence-corrected chi connectivity index (χ4v) is 2.57. The van der Waals surface area contributed by atoms with Crippen molar-refractivity contribution in [1.29, 1.82) is 0 Å². The van der Waals surface area contributed by atoms with Crippen molar-refractivity contribution in [1.82, 2.24) is 10.2 Å². The van der Waals surface area contributed by atoms with Crippen LogP contribution >= 0.6 is 24.8 Å². The molecule has 1 aromatic rings. The molecular formula is C14H20Cl2F4N2. The van der Waals surface area contributed by atoms with Gasteiger partial charge in [-0.3, -0.25) is 4.90 Å². The van der Waals surface area contributed by atoms with Crippen molar-refractivity contribution in [2.75, 3.05) is 26.2 Å². The van der Waals surface area contributed by atoms with Gasteiger partial charge in [0.25, 0.3) is 0 Å². The lowest BCUT2D eigenvalue weighted by atomic mass is 9.99. The Labute approximate surface area is 140 Å². The first-order valence-corrected chi connectivity index (χ1v) is 6.73. The van der Waals surface area contributed by atoms with Crippen LogP contribution in [-0.2, 0) is 0 Å². The summed E-state index contributed by atoms with van der Waals surface area (Å²) in [5.41, 5.74) is 0.621. The summed E-state index contributed by atoms with van der Waals surface area (Å²) in [6.45, 7) is 2.85. The highest BCUT2D eigenvalue weighted by Gasteiger charge is 2.31. The number of piperazine rings is 1. The quantitative estimate of drug-likeness (QED) is 0.815. The van der Waals surface area contributed by atoms with Crippen molar-refractivity contribution >= 4 is 24.8 Å². The molecular weight excluding hydrogens is 343 g/mol. The Bertz CT molecular complexity index is 437. The number of alkyl halides is 3. The Kier molecular flexibility index (Phi) is 9.31. The van der Waals surface area contributed by atoms with Crippen molar-refractivity contribution in [2.24, 2.45) is 0 Å². The van der Waals surface area contributed by atoms with Crippen molar-refractivity contribution in [2.45, 2.75) is 25.1 Å². The summed E-state index contributed by atoms with van der Waals surface area (Å²) in [6.07, 6.45) is -5.06. The molecule has 0 bridgehead atoms. The molecule has 1 aromatic carbocycles. The summed E-state index contributed by atoms with van der Waals surface area (Å²) in [5.74, 6) is -0.408. The van der Waals surface area contributed by atoms with E-state index in [-0.39, 0.29) is 37.3 Å². The second-order valence-corrected chi connectivity index (χ2v) is 5.01. The summed E-state index contributed by atoms with van der Waals surface area (Å²) in [5, 5.41) is 3.17. The topological polar surface area (TPSA) is 15.3 Å². The van der Waals surface area contributed by atoms with Crippen LogP contribution in [0.15, 0.2) is 24.3 Å². The van der Waals surface area contributed by atoms with E-state index >= 15 is 0 Å². The minimum atomic E-state index is -4.18. The van der Waals surface area contributed by atoms with Crippen LogP contribution in [0.2, 0.25) is 0 Å². The number of nitrogens with one attached hydrogen (secondary N) is 1. The number of halogens is 6. The fourth-order valence-electron chi connectivity index (χ4n) is 2.57. The van der Waals surface area contributed by atoms with Gasteiger partial charge in [0.2, 0.25) is 0 Å². The standard InChI is InChI=1S/C14H18F4N2.2ClH/c15-12-3-1-2-11(10-12)13(4-5-14(16,17)18)20-8-6-19-7-9-20;;/h1-3,10,13,19H,4-9H2;2*1H/t13-;;/m0../s1. The molecule has 1 fully saturated rings. The fraction of sp³-hybridized carbons (Fsp3) is 0.571. The van der Waals surface area contributed by atoms with Crippen molar-refractivity contribution < 1.29 is 17.6 Å². The van der Waals surface area contributed by atoms with Crippen LogP contribution in [-0.4, -0.2) is 37.3 Å². The molecule has 8 heteroatoms. The summed E-state index contributed by atoms with van der Waals surface area (Å²) in [7, 11) is 0. The zero-order valence-electron chi connectivity index (χ0n) is 11.9. The highest BCUT2D eigenvalue weighted by Crippen LogP contribution is 2.31. The molecule has 0 spiro atoms. The highest BCUT2D eigenvalue weighted by molar-refractivity contribution is 5.85. The molecule has 1 aliphatic rings. The lowest BCUT2D eigenvalue weighted by molar-refractivity contribution is -0.138. The third kappa shape index (κ3) is 6.69. The molecule has 0 aromatic heterocycles. The van der Waals surface area contributed by atoms with Crippen LogP contribution in [0, 0.1) is 5.82 Å². The van der Waals surface area contributed by atoms with Crippen molar-refractivity contribution in [3.8, 4) is 0 Å². The minimum absolute atomic E-state index is 0. The van der Waals surface area contributed by atoms with Crippen molar-refractivity contribution in [3.63, 3.8) is 0 Å². The summed E-state index contributed by atoms with van der Waals surface area (Å²) in [6, 6.07) is 5.51. The van der Waals surface area contributed by atoms with E-state index in [4.69, 9.17) is 0 Å². The predicted octanol–water partition coefficient (Wildman–Crippen LogP) is 3.96. The van der Waals surface area contributed by atoms with E-state index in [1.54, 1.807) is 12.1 Å². The molecule has 0 saturated carbocycles. The first kappa shape index (κ1) is 21.4. The SMILES string of the molecule is Cl.Cl.Fc1cccc([C@H](CCC(F)(F)F)N2CCNCC2)c1. The van der Waals surface area contributed by atoms with Crippen LogP contribution in [0.3, 0.4) is 0 Å². The molecule has 128 valence electrons. The van der Waals surface area contributed by atoms with Gasteiger partial charge in [-0.1, -0.05) is 12.1 Å². The van der Waals surface area contributed by atoms with Crippen LogP contribution in [0.1, 0.15) is 24.4 Å². The van der Waals surface area contributed by atoms with E-state index in [0.717, 1.165) is 13.1 Å². The third-order valence-corrected chi connectivity index (χ3v) is 3.53. The van der Waals surface area contributed by atoms with Crippen molar-refractivity contribution in [3.05, 3.63) is 35.6 Å². The molecule has 0 aliphatic carbocycles. The Hall–Kier alpha value is -0.560. The number of benzene rings is 1. The van der Waals surface area contributed by atoms with Crippen LogP contribution in [0.25, 0.3) is 0 Å². The van der Waals surface area contributed by atoms with Gasteiger partial charge < -0.3 is 5.32 Å². The molecule has 22 heavy (non-hydrogen) atoms. The molecule has 1 N–H and O–H groups in total. The summed E-state index contributed by atoms with van der Waals surface area (Å²) in [4.78, 5) is 2.00. The van der Waals surface area contributed by atoms with Gasteiger partial charge in [-0.05, 0) is 24.1 Å². The maximum Gasteiger partial charge on any atom is 0.389 e. The van der Waals surface area contributed by atoms with E-state index in [0.29, 0.717) is 18.7 Å². The minimum Gasteiger partial charge on any atom is -0.314 e. The molecule has 0 radical (unpaired) electrons. The van der Waals surface area contributed by atoms with Crippen LogP contribution in [0.4, 0.5) is 17.6 Å². The second kappa shape index (κ2) is 9.55. The number of hydrogen-bond donors (Lipinski definition) is 1. The average Bonchev–Trinajstić information content (AvgIpc) is 2.39. The second-order valence-electron chi connectivity index (χ2n) is 5.01. The lowest BCUT2D eigenvalue weighted by Crippen LogP contribution is -2.45. The molecule has 0 unspecified atom stereocenters. The van der Waals surface area contributed by atoms with Gasteiger partial charge in [0.15, 0.2) is 0 Å². The van der Waals surface area contributed by atoms with Gasteiger partial charge in [-0.15, -0.1) is 24.8 Å². The average molecular weight is 363 g/mol. The smallest absolute Gasteiger partial charge is 0.314 e. The molecule has 2 nitrogen and oxygen atoms in total. The van der Waals surface area contributed by atoms with E-state index in [1.165, 1.54) is 12.1 Å². The predicted molar refractivity (Wildman–Crippen MR) is 83.4 cm³/mol. The zero-order valence-corrected chi connectivity index (χ0v) is 13.5. The Morgan fingerprint density at radius 1 is 1.14 bits per heavy atom. The van der Waals surface area contributed by atoms with E-state index < -0.39 is 18.4 Å². The molecule has 1 atom stereocenters. The molecule has 1 heterocycles. The van der Waals surface area contributed by atoms with Gasteiger partial charge >= 0.3 is 6.18 Å². The van der Waals surface area contributed by atoms with E-state index in [1.807, 2.05) is 4.90 Å². The normalized spacial score (nSPS) is 17.3. The first-order chi connectivity index (χ1) is 9.46. The first-order valence-electron chi connectivity index (χ1n) is 6.73. The van der Waals surface area contributed by atoms with Gasteiger partial charge in [-0.2, -0.15) is 13.2 Å². The maximum atomic E-state index is 13.3. The van der Waals surface area contributed by atoms with Gasteiger partial charge in [0.05, 0.1) is 0 Å². The van der Waals surface area contributed by atoms with Crippen LogP contribution in [0.5, 0.6) is 0 Å². The van der Waals surface area contributed by atoms with Gasteiger partial charge in [0.1, 0.15) is 5.82 Å². The number of hydrogen-bond acceptors (Lipinski definition) is 2. The summed E-state index contributed by atoms with van der Waals surface area (Å²) >= 11 is 0. The highest BCUT2D eigenvalue weighted by atomic mass is 35.5. The van der Waals surface area contributed by atoms with Gasteiger partial charge in [0, 0.05) is 38.6 Å². The molecule has 0 amide bonds. The molecule has 1 aliphatic heterocycles. The monoisotopic (exact) mass is 362 g/mol. The Morgan fingerprint density at radius 2 is 1.77 bits per heavy atom. The molecule has 1 saturated heterocycles. The largest absolute Gasteiger partial charge is 0.389 e. The number of rotatable bonds is 4. The van der Waals surface area contributed by atoms with Gasteiger partial charge in [-0.25, -0.2) is 4.39 Å². The lowest BCUT2D eigenvalue weighted by Gasteiger charge is -2.35.